The molecule has 1 amide bonds. The number of carbonyl (C=O) groups excluding carboxylic acids is 1. The van der Waals surface area contributed by atoms with Crippen LogP contribution in [0, 0.1) is 0 Å². The fraction of sp³-hybridized carbons (Fsp3) is 0.714. The standard InChI is InChI=1S/C14H27N3O3SSi/c1-13(2,3)22(5,6)20-7-10-8-21-11(17-10)14(4,16)9-19-12(15)18/h8H,7,9,16H2,1-6H3,(H2,15,18). The Morgan fingerprint density at radius 2 is 1.95 bits per heavy atom. The van der Waals surface area contributed by atoms with Gasteiger partial charge in [0.1, 0.15) is 11.6 Å². The van der Waals surface area contributed by atoms with E-state index < -0.39 is 19.9 Å². The van der Waals surface area contributed by atoms with Gasteiger partial charge in [0.05, 0.1) is 17.8 Å². The third kappa shape index (κ3) is 5.05. The quantitative estimate of drug-likeness (QED) is 0.772. The molecule has 8 heteroatoms. The van der Waals surface area contributed by atoms with Crippen molar-refractivity contribution in [1.29, 1.82) is 0 Å². The van der Waals surface area contributed by atoms with Gasteiger partial charge in [0, 0.05) is 5.38 Å². The lowest BCUT2D eigenvalue weighted by molar-refractivity contribution is 0.129. The number of aromatic nitrogens is 1. The van der Waals surface area contributed by atoms with Crippen LogP contribution in [0.3, 0.4) is 0 Å². The molecule has 0 fully saturated rings. The summed E-state index contributed by atoms with van der Waals surface area (Å²) in [6.07, 6.45) is -0.838. The fourth-order valence-electron chi connectivity index (χ4n) is 1.39. The number of amides is 1. The van der Waals surface area contributed by atoms with Gasteiger partial charge in [-0.1, -0.05) is 20.8 Å². The molecule has 1 rings (SSSR count). The van der Waals surface area contributed by atoms with Crippen LogP contribution in [0.25, 0.3) is 0 Å². The van der Waals surface area contributed by atoms with E-state index in [1.165, 1.54) is 11.3 Å². The molecule has 0 bridgehead atoms. The summed E-state index contributed by atoms with van der Waals surface area (Å²) in [6.45, 7) is 13.2. The van der Waals surface area contributed by atoms with Crippen LogP contribution in [-0.2, 0) is 21.3 Å². The summed E-state index contributed by atoms with van der Waals surface area (Å²) < 4.78 is 10.9. The summed E-state index contributed by atoms with van der Waals surface area (Å²) in [7, 11) is -1.81. The summed E-state index contributed by atoms with van der Waals surface area (Å²) >= 11 is 1.43. The number of primary amides is 1. The lowest BCUT2D eigenvalue weighted by Crippen LogP contribution is -2.40. The number of nitrogens with two attached hydrogens (primary N) is 2. The van der Waals surface area contributed by atoms with Crippen molar-refractivity contribution in [2.24, 2.45) is 11.5 Å². The van der Waals surface area contributed by atoms with Gasteiger partial charge >= 0.3 is 6.09 Å². The Labute approximate surface area is 137 Å². The maximum Gasteiger partial charge on any atom is 0.404 e. The van der Waals surface area contributed by atoms with Gasteiger partial charge < -0.3 is 20.6 Å². The van der Waals surface area contributed by atoms with E-state index in [0.717, 1.165) is 5.69 Å². The molecule has 0 radical (unpaired) electrons. The summed E-state index contributed by atoms with van der Waals surface area (Å²) in [5.41, 5.74) is 11.1. The van der Waals surface area contributed by atoms with Crippen LogP contribution in [-0.4, -0.2) is 26.0 Å². The third-order valence-corrected chi connectivity index (χ3v) is 9.59. The van der Waals surface area contributed by atoms with Gasteiger partial charge in [0.15, 0.2) is 8.32 Å². The van der Waals surface area contributed by atoms with Gasteiger partial charge in [-0.25, -0.2) is 9.78 Å². The van der Waals surface area contributed by atoms with Crippen molar-refractivity contribution < 1.29 is 14.0 Å². The predicted molar refractivity (Wildman–Crippen MR) is 91.2 cm³/mol. The van der Waals surface area contributed by atoms with Crippen molar-refractivity contribution in [2.45, 2.75) is 58.0 Å². The van der Waals surface area contributed by atoms with Crippen molar-refractivity contribution in [3.05, 3.63) is 16.1 Å². The van der Waals surface area contributed by atoms with Crippen molar-refractivity contribution in [3.63, 3.8) is 0 Å². The van der Waals surface area contributed by atoms with Crippen LogP contribution >= 0.6 is 11.3 Å². The zero-order valence-corrected chi connectivity index (χ0v) is 16.0. The molecule has 0 aliphatic heterocycles. The second-order valence-corrected chi connectivity index (χ2v) is 12.9. The molecule has 0 spiro atoms. The van der Waals surface area contributed by atoms with Gasteiger partial charge in [-0.3, -0.25) is 0 Å². The number of carbonyl (C=O) groups is 1. The molecule has 0 aliphatic rings. The predicted octanol–water partition coefficient (Wildman–Crippen LogP) is 2.93. The summed E-state index contributed by atoms with van der Waals surface area (Å²) in [5.74, 6) is 0. The number of rotatable bonds is 6. The molecule has 1 aromatic rings. The minimum Gasteiger partial charge on any atom is -0.447 e. The first-order valence-electron chi connectivity index (χ1n) is 7.15. The van der Waals surface area contributed by atoms with Gasteiger partial charge in [-0.2, -0.15) is 0 Å². The topological polar surface area (TPSA) is 100 Å². The third-order valence-electron chi connectivity index (χ3n) is 3.94. The highest BCUT2D eigenvalue weighted by Gasteiger charge is 2.37. The molecule has 1 atom stereocenters. The number of nitrogens with zero attached hydrogens (tertiary/aromatic N) is 1. The molecule has 4 N–H and O–H groups in total. The normalized spacial score (nSPS) is 15.4. The van der Waals surface area contributed by atoms with Crippen LogP contribution in [0.15, 0.2) is 5.38 Å². The Hall–Kier alpha value is -0.963. The Bertz CT molecular complexity index is 524. The van der Waals surface area contributed by atoms with E-state index >= 15 is 0 Å². The minimum atomic E-state index is -1.81. The van der Waals surface area contributed by atoms with E-state index in [1.807, 2.05) is 5.38 Å². The van der Waals surface area contributed by atoms with Crippen LogP contribution in [0.4, 0.5) is 4.79 Å². The van der Waals surface area contributed by atoms with E-state index in [9.17, 15) is 4.79 Å². The number of ether oxygens (including phenoxy) is 1. The molecular formula is C14H27N3O3SSi. The maximum atomic E-state index is 10.7. The molecule has 0 saturated heterocycles. The molecule has 126 valence electrons. The summed E-state index contributed by atoms with van der Waals surface area (Å²) in [4.78, 5) is 15.2. The molecule has 1 heterocycles. The first-order chi connectivity index (χ1) is 9.85. The summed E-state index contributed by atoms with van der Waals surface area (Å²) in [6, 6.07) is 0. The highest BCUT2D eigenvalue weighted by atomic mass is 32.1. The highest BCUT2D eigenvalue weighted by Crippen LogP contribution is 2.37. The minimum absolute atomic E-state index is 0.00161. The Kier molecular flexibility index (Phi) is 5.77. The van der Waals surface area contributed by atoms with Gasteiger partial charge in [0.2, 0.25) is 0 Å². The SMILES string of the molecule is CC(N)(COC(N)=O)c1nc(CO[Si](C)(C)C(C)(C)C)cs1. The fourth-order valence-corrected chi connectivity index (χ4v) is 3.20. The largest absolute Gasteiger partial charge is 0.447 e. The average Bonchev–Trinajstić information content (AvgIpc) is 2.82. The van der Waals surface area contributed by atoms with E-state index in [2.05, 4.69) is 38.8 Å². The van der Waals surface area contributed by atoms with Crippen LogP contribution in [0.1, 0.15) is 38.4 Å². The van der Waals surface area contributed by atoms with Crippen molar-refractivity contribution >= 4 is 25.7 Å². The first kappa shape index (κ1) is 19.1. The molecule has 1 aromatic heterocycles. The smallest absolute Gasteiger partial charge is 0.404 e. The monoisotopic (exact) mass is 345 g/mol. The molecule has 0 saturated carbocycles. The highest BCUT2D eigenvalue weighted by molar-refractivity contribution is 7.09. The summed E-state index contributed by atoms with van der Waals surface area (Å²) in [5, 5.41) is 2.78. The van der Waals surface area contributed by atoms with E-state index in [0.29, 0.717) is 11.6 Å². The Morgan fingerprint density at radius 1 is 1.36 bits per heavy atom. The van der Waals surface area contributed by atoms with Gasteiger partial charge in [-0.05, 0) is 25.1 Å². The van der Waals surface area contributed by atoms with Crippen LogP contribution in [0.5, 0.6) is 0 Å². The molecule has 0 aromatic carbocycles. The van der Waals surface area contributed by atoms with Gasteiger partial charge in [-0.15, -0.1) is 11.3 Å². The van der Waals surface area contributed by atoms with Crippen LogP contribution < -0.4 is 11.5 Å². The molecular weight excluding hydrogens is 318 g/mol. The van der Waals surface area contributed by atoms with Crippen molar-refractivity contribution in [3.8, 4) is 0 Å². The average molecular weight is 346 g/mol. The number of hydrogen-bond donors (Lipinski definition) is 2. The first-order valence-corrected chi connectivity index (χ1v) is 10.9. The van der Waals surface area contributed by atoms with Crippen molar-refractivity contribution in [1.82, 2.24) is 4.98 Å². The Morgan fingerprint density at radius 3 is 2.45 bits per heavy atom. The molecule has 1 unspecified atom stereocenters. The lowest BCUT2D eigenvalue weighted by atomic mass is 10.1. The number of thiazole rings is 1. The second kappa shape index (κ2) is 6.65. The van der Waals surface area contributed by atoms with E-state index in [1.54, 1.807) is 6.92 Å². The van der Waals surface area contributed by atoms with Crippen molar-refractivity contribution in [2.75, 3.05) is 6.61 Å². The maximum absolute atomic E-state index is 10.7. The lowest BCUT2D eigenvalue weighted by Gasteiger charge is -2.35. The zero-order valence-electron chi connectivity index (χ0n) is 14.2. The number of hydrogen-bond acceptors (Lipinski definition) is 6. The van der Waals surface area contributed by atoms with Crippen LogP contribution in [0.2, 0.25) is 18.1 Å². The Balaban J connectivity index is 2.70. The van der Waals surface area contributed by atoms with Gasteiger partial charge in [0.25, 0.3) is 0 Å². The zero-order chi connectivity index (χ0) is 17.2. The van der Waals surface area contributed by atoms with E-state index in [-0.39, 0.29) is 11.6 Å². The molecule has 22 heavy (non-hydrogen) atoms. The van der Waals surface area contributed by atoms with E-state index in [4.69, 9.17) is 20.6 Å². The molecule has 6 nitrogen and oxygen atoms in total. The second-order valence-electron chi connectivity index (χ2n) is 7.22. The molecule has 0 aliphatic carbocycles.